The molecule has 0 saturated heterocycles. The average Bonchev–Trinajstić information content (AvgIpc) is 2.79. The molecule has 0 radical (unpaired) electrons. The van der Waals surface area contributed by atoms with Gasteiger partial charge in [-0.05, 0) is 19.4 Å². The zero-order chi connectivity index (χ0) is 12.8. The van der Waals surface area contributed by atoms with E-state index in [-0.39, 0.29) is 5.91 Å². The summed E-state index contributed by atoms with van der Waals surface area (Å²) < 4.78 is 1.74. The molecule has 6 heteroatoms. The molecule has 0 bridgehead atoms. The van der Waals surface area contributed by atoms with Gasteiger partial charge in [0.25, 0.3) is 0 Å². The first-order valence-electron chi connectivity index (χ1n) is 5.48. The molecule has 6 nitrogen and oxygen atoms in total. The Morgan fingerprint density at radius 3 is 2.76 bits per heavy atom. The van der Waals surface area contributed by atoms with Gasteiger partial charge >= 0.3 is 5.97 Å². The molecule has 0 aliphatic rings. The Balaban J connectivity index is 2.32. The number of carbonyl (C=O) groups is 2. The van der Waals surface area contributed by atoms with E-state index in [0.29, 0.717) is 19.4 Å². The molecule has 1 heterocycles. The van der Waals surface area contributed by atoms with Crippen LogP contribution >= 0.6 is 0 Å². The first kappa shape index (κ1) is 13.2. The Hall–Kier alpha value is -1.85. The molecule has 1 N–H and O–H groups in total. The highest BCUT2D eigenvalue weighted by atomic mass is 16.4. The first-order chi connectivity index (χ1) is 8.02. The standard InChI is InChI=1S/C11H17N3O3/c1-9(11(16)17)13(2)10(15)5-3-7-14-8-4-6-12-14/h4,6,8-9H,3,5,7H2,1-2H3,(H,16,17). The molecular weight excluding hydrogens is 222 g/mol. The lowest BCUT2D eigenvalue weighted by atomic mass is 10.2. The minimum atomic E-state index is -0.993. The molecule has 17 heavy (non-hydrogen) atoms. The monoisotopic (exact) mass is 239 g/mol. The largest absolute Gasteiger partial charge is 0.480 e. The quantitative estimate of drug-likeness (QED) is 0.788. The van der Waals surface area contributed by atoms with Crippen molar-refractivity contribution in [3.8, 4) is 0 Å². The summed E-state index contributed by atoms with van der Waals surface area (Å²) in [7, 11) is 1.51. The van der Waals surface area contributed by atoms with E-state index >= 15 is 0 Å². The molecule has 1 unspecified atom stereocenters. The van der Waals surface area contributed by atoms with Gasteiger partial charge in [0.15, 0.2) is 0 Å². The van der Waals surface area contributed by atoms with Crippen molar-refractivity contribution in [2.75, 3.05) is 7.05 Å². The number of carbonyl (C=O) groups excluding carboxylic acids is 1. The van der Waals surface area contributed by atoms with Crippen LogP contribution in [0.1, 0.15) is 19.8 Å². The van der Waals surface area contributed by atoms with Crippen LogP contribution in [0.15, 0.2) is 18.5 Å². The number of carboxylic acids is 1. The van der Waals surface area contributed by atoms with E-state index in [1.807, 2.05) is 12.3 Å². The molecular formula is C11H17N3O3. The lowest BCUT2D eigenvalue weighted by Gasteiger charge is -2.21. The summed E-state index contributed by atoms with van der Waals surface area (Å²) in [5, 5.41) is 12.8. The fraction of sp³-hybridized carbons (Fsp3) is 0.545. The number of hydrogen-bond donors (Lipinski definition) is 1. The van der Waals surface area contributed by atoms with Crippen molar-refractivity contribution < 1.29 is 14.7 Å². The minimum absolute atomic E-state index is 0.160. The van der Waals surface area contributed by atoms with Gasteiger partial charge in [-0.1, -0.05) is 0 Å². The normalized spacial score (nSPS) is 12.1. The van der Waals surface area contributed by atoms with Crippen LogP contribution < -0.4 is 0 Å². The number of likely N-dealkylation sites (N-methyl/N-ethyl adjacent to an activating group) is 1. The number of nitrogens with zero attached hydrogens (tertiary/aromatic N) is 3. The van der Waals surface area contributed by atoms with E-state index in [2.05, 4.69) is 5.10 Å². The molecule has 1 atom stereocenters. The third-order valence-corrected chi connectivity index (χ3v) is 2.67. The highest BCUT2D eigenvalue weighted by Crippen LogP contribution is 2.03. The fourth-order valence-electron chi connectivity index (χ4n) is 1.38. The molecule has 0 aliphatic heterocycles. The van der Waals surface area contributed by atoms with Gasteiger partial charge in [0, 0.05) is 32.4 Å². The van der Waals surface area contributed by atoms with Crippen LogP contribution in [0, 0.1) is 0 Å². The van der Waals surface area contributed by atoms with Gasteiger partial charge in [-0.2, -0.15) is 5.10 Å². The number of amides is 1. The highest BCUT2D eigenvalue weighted by Gasteiger charge is 2.20. The average molecular weight is 239 g/mol. The van der Waals surface area contributed by atoms with E-state index in [4.69, 9.17) is 5.11 Å². The summed E-state index contributed by atoms with van der Waals surface area (Å²) in [5.74, 6) is -1.15. The predicted octanol–water partition coefficient (Wildman–Crippen LogP) is 0.595. The SMILES string of the molecule is CC(C(=O)O)N(C)C(=O)CCCn1cccn1. The number of carboxylic acid groups (broad SMARTS) is 1. The molecule has 1 rings (SSSR count). The van der Waals surface area contributed by atoms with Crippen LogP contribution in [0.3, 0.4) is 0 Å². The van der Waals surface area contributed by atoms with Crippen LogP contribution in [-0.4, -0.2) is 44.8 Å². The van der Waals surface area contributed by atoms with Crippen LogP contribution in [0.25, 0.3) is 0 Å². The topological polar surface area (TPSA) is 75.4 Å². The summed E-state index contributed by atoms with van der Waals surface area (Å²) in [4.78, 5) is 23.6. The van der Waals surface area contributed by atoms with Crippen LogP contribution in [0.2, 0.25) is 0 Å². The third-order valence-electron chi connectivity index (χ3n) is 2.67. The number of aromatic nitrogens is 2. The van der Waals surface area contributed by atoms with Crippen LogP contribution in [0.4, 0.5) is 0 Å². The van der Waals surface area contributed by atoms with Crippen molar-refractivity contribution in [2.24, 2.45) is 0 Å². The predicted molar refractivity (Wildman–Crippen MR) is 61.3 cm³/mol. The van der Waals surface area contributed by atoms with Gasteiger partial charge in [0.05, 0.1) is 0 Å². The van der Waals surface area contributed by atoms with Gasteiger partial charge in [-0.15, -0.1) is 0 Å². The maximum Gasteiger partial charge on any atom is 0.326 e. The fourth-order valence-corrected chi connectivity index (χ4v) is 1.38. The second kappa shape index (κ2) is 6.03. The maximum absolute atomic E-state index is 11.7. The van der Waals surface area contributed by atoms with Gasteiger partial charge in [0.1, 0.15) is 6.04 Å². The molecule has 1 aromatic heterocycles. The minimum Gasteiger partial charge on any atom is -0.480 e. The van der Waals surface area contributed by atoms with Crippen molar-refractivity contribution in [2.45, 2.75) is 32.4 Å². The molecule has 0 aromatic carbocycles. The van der Waals surface area contributed by atoms with Crippen molar-refractivity contribution in [3.05, 3.63) is 18.5 Å². The second-order valence-electron chi connectivity index (χ2n) is 3.89. The summed E-state index contributed by atoms with van der Waals surface area (Å²) in [6.45, 7) is 2.15. The maximum atomic E-state index is 11.7. The first-order valence-corrected chi connectivity index (χ1v) is 5.48. The second-order valence-corrected chi connectivity index (χ2v) is 3.89. The van der Waals surface area contributed by atoms with E-state index in [1.54, 1.807) is 10.9 Å². The van der Waals surface area contributed by atoms with Crippen molar-refractivity contribution in [3.63, 3.8) is 0 Å². The van der Waals surface area contributed by atoms with Crippen LogP contribution in [-0.2, 0) is 16.1 Å². The Labute approximate surface area is 99.8 Å². The molecule has 0 saturated carbocycles. The van der Waals surface area contributed by atoms with E-state index < -0.39 is 12.0 Å². The summed E-state index contributed by atoms with van der Waals surface area (Å²) in [5.41, 5.74) is 0. The number of rotatable bonds is 6. The van der Waals surface area contributed by atoms with Gasteiger partial charge in [-0.25, -0.2) is 4.79 Å². The molecule has 1 amide bonds. The Bertz CT molecular complexity index is 375. The highest BCUT2D eigenvalue weighted by molar-refractivity contribution is 5.83. The Morgan fingerprint density at radius 2 is 2.24 bits per heavy atom. The number of aryl methyl sites for hydroxylation is 1. The smallest absolute Gasteiger partial charge is 0.326 e. The molecule has 0 spiro atoms. The molecule has 0 fully saturated rings. The summed E-state index contributed by atoms with van der Waals surface area (Å²) in [6.07, 6.45) is 4.49. The van der Waals surface area contributed by atoms with Crippen molar-refractivity contribution in [1.82, 2.24) is 14.7 Å². The number of aliphatic carboxylic acids is 1. The van der Waals surface area contributed by atoms with E-state index in [9.17, 15) is 9.59 Å². The number of hydrogen-bond acceptors (Lipinski definition) is 3. The lowest BCUT2D eigenvalue weighted by molar-refractivity contribution is -0.148. The lowest BCUT2D eigenvalue weighted by Crippen LogP contribution is -2.40. The zero-order valence-corrected chi connectivity index (χ0v) is 10.0. The molecule has 1 aromatic rings. The van der Waals surface area contributed by atoms with Gasteiger partial charge < -0.3 is 10.0 Å². The van der Waals surface area contributed by atoms with E-state index in [0.717, 1.165) is 0 Å². The molecule has 0 aliphatic carbocycles. The van der Waals surface area contributed by atoms with Gasteiger partial charge in [-0.3, -0.25) is 9.48 Å². The van der Waals surface area contributed by atoms with E-state index in [1.165, 1.54) is 18.9 Å². The third kappa shape index (κ3) is 3.90. The zero-order valence-electron chi connectivity index (χ0n) is 10.0. The van der Waals surface area contributed by atoms with Gasteiger partial charge in [0.2, 0.25) is 5.91 Å². The summed E-state index contributed by atoms with van der Waals surface area (Å²) in [6, 6.07) is 1.03. The molecule has 94 valence electrons. The summed E-state index contributed by atoms with van der Waals surface area (Å²) >= 11 is 0. The van der Waals surface area contributed by atoms with Crippen LogP contribution in [0.5, 0.6) is 0 Å². The Kier molecular flexibility index (Phi) is 4.68. The van der Waals surface area contributed by atoms with Crippen molar-refractivity contribution >= 4 is 11.9 Å². The van der Waals surface area contributed by atoms with Crippen molar-refractivity contribution in [1.29, 1.82) is 0 Å². The Morgan fingerprint density at radius 1 is 1.53 bits per heavy atom.